The van der Waals surface area contributed by atoms with Gasteiger partial charge in [0.2, 0.25) is 5.91 Å². The van der Waals surface area contributed by atoms with Crippen LogP contribution in [0.5, 0.6) is 5.75 Å². The maximum absolute atomic E-state index is 12.5. The van der Waals surface area contributed by atoms with Gasteiger partial charge in [0, 0.05) is 24.3 Å². The van der Waals surface area contributed by atoms with Crippen LogP contribution in [0.15, 0.2) is 42.5 Å². The SMILES string of the molecule is CCN(CC)C(=O)CN1C(=O)COc2ccc(NC(=O)c3cccc(C)c3)cc21. The van der Waals surface area contributed by atoms with E-state index in [4.69, 9.17) is 4.74 Å². The number of hydrogen-bond donors (Lipinski definition) is 1. The molecule has 1 aliphatic rings. The number of rotatable bonds is 6. The van der Waals surface area contributed by atoms with Crippen LogP contribution in [-0.2, 0) is 9.59 Å². The molecule has 3 amide bonds. The topological polar surface area (TPSA) is 79.0 Å². The van der Waals surface area contributed by atoms with Crippen molar-refractivity contribution >= 4 is 29.1 Å². The van der Waals surface area contributed by atoms with Crippen molar-refractivity contribution in [2.75, 3.05) is 36.5 Å². The molecule has 2 aromatic carbocycles. The van der Waals surface area contributed by atoms with E-state index in [-0.39, 0.29) is 30.9 Å². The molecule has 0 atom stereocenters. The highest BCUT2D eigenvalue weighted by molar-refractivity contribution is 6.06. The van der Waals surface area contributed by atoms with Crippen LogP contribution in [0, 0.1) is 6.92 Å². The molecule has 0 saturated heterocycles. The smallest absolute Gasteiger partial charge is 0.265 e. The van der Waals surface area contributed by atoms with Gasteiger partial charge < -0.3 is 15.0 Å². The first-order chi connectivity index (χ1) is 13.9. The van der Waals surface area contributed by atoms with Crippen molar-refractivity contribution in [2.24, 2.45) is 0 Å². The number of nitrogens with zero attached hydrogens (tertiary/aromatic N) is 2. The summed E-state index contributed by atoms with van der Waals surface area (Å²) < 4.78 is 5.49. The fourth-order valence-electron chi connectivity index (χ4n) is 3.25. The molecular weight excluding hydrogens is 370 g/mol. The Kier molecular flexibility index (Phi) is 6.16. The van der Waals surface area contributed by atoms with Gasteiger partial charge in [-0.15, -0.1) is 0 Å². The normalized spacial score (nSPS) is 12.8. The Hall–Kier alpha value is -3.35. The molecule has 1 N–H and O–H groups in total. The number of carbonyl (C=O) groups excluding carboxylic acids is 3. The van der Waals surface area contributed by atoms with Crippen LogP contribution >= 0.6 is 0 Å². The van der Waals surface area contributed by atoms with Crippen LogP contribution < -0.4 is 15.0 Å². The molecule has 0 radical (unpaired) electrons. The van der Waals surface area contributed by atoms with E-state index in [2.05, 4.69) is 5.32 Å². The minimum atomic E-state index is -0.292. The zero-order chi connectivity index (χ0) is 21.0. The van der Waals surface area contributed by atoms with Gasteiger partial charge in [0.25, 0.3) is 11.8 Å². The second-order valence-corrected chi connectivity index (χ2v) is 6.84. The molecule has 0 aromatic heterocycles. The minimum Gasteiger partial charge on any atom is -0.482 e. The second kappa shape index (κ2) is 8.77. The van der Waals surface area contributed by atoms with Gasteiger partial charge in [-0.3, -0.25) is 19.3 Å². The Morgan fingerprint density at radius 3 is 2.59 bits per heavy atom. The monoisotopic (exact) mass is 395 g/mol. The number of fused-ring (bicyclic) bond motifs is 1. The average molecular weight is 395 g/mol. The maximum Gasteiger partial charge on any atom is 0.265 e. The first kappa shape index (κ1) is 20.4. The van der Waals surface area contributed by atoms with E-state index >= 15 is 0 Å². The van der Waals surface area contributed by atoms with Crippen molar-refractivity contribution in [3.05, 3.63) is 53.6 Å². The van der Waals surface area contributed by atoms with Crippen molar-refractivity contribution in [2.45, 2.75) is 20.8 Å². The van der Waals surface area contributed by atoms with Gasteiger partial charge in [-0.2, -0.15) is 0 Å². The van der Waals surface area contributed by atoms with Gasteiger partial charge in [0.1, 0.15) is 12.3 Å². The predicted molar refractivity (Wildman–Crippen MR) is 111 cm³/mol. The van der Waals surface area contributed by atoms with Gasteiger partial charge in [-0.1, -0.05) is 17.7 Å². The fraction of sp³-hybridized carbons (Fsp3) is 0.318. The van der Waals surface area contributed by atoms with Crippen molar-refractivity contribution in [3.63, 3.8) is 0 Å². The average Bonchev–Trinajstić information content (AvgIpc) is 2.71. The van der Waals surface area contributed by atoms with Crippen LogP contribution in [0.4, 0.5) is 11.4 Å². The van der Waals surface area contributed by atoms with E-state index in [0.29, 0.717) is 35.8 Å². The number of benzene rings is 2. The lowest BCUT2D eigenvalue weighted by Crippen LogP contribution is -2.46. The molecule has 7 nitrogen and oxygen atoms in total. The molecule has 0 saturated carbocycles. The van der Waals surface area contributed by atoms with Crippen molar-refractivity contribution < 1.29 is 19.1 Å². The summed E-state index contributed by atoms with van der Waals surface area (Å²) in [5.74, 6) is -0.168. The molecule has 152 valence electrons. The Labute approximate surface area is 170 Å². The number of nitrogens with one attached hydrogen (secondary N) is 1. The van der Waals surface area contributed by atoms with E-state index in [1.165, 1.54) is 4.90 Å². The van der Waals surface area contributed by atoms with Gasteiger partial charge in [-0.25, -0.2) is 0 Å². The summed E-state index contributed by atoms with van der Waals surface area (Å²) in [6, 6.07) is 12.4. The summed E-state index contributed by atoms with van der Waals surface area (Å²) >= 11 is 0. The quantitative estimate of drug-likeness (QED) is 0.816. The molecule has 0 aliphatic carbocycles. The van der Waals surface area contributed by atoms with Crippen LogP contribution in [0.2, 0.25) is 0 Å². The molecule has 0 spiro atoms. The molecule has 2 aromatic rings. The Morgan fingerprint density at radius 2 is 1.90 bits per heavy atom. The van der Waals surface area contributed by atoms with Gasteiger partial charge in [-0.05, 0) is 51.1 Å². The molecule has 0 unspecified atom stereocenters. The van der Waals surface area contributed by atoms with E-state index < -0.39 is 0 Å². The number of likely N-dealkylation sites (N-methyl/N-ethyl adjacent to an activating group) is 1. The molecule has 0 bridgehead atoms. The van der Waals surface area contributed by atoms with E-state index in [9.17, 15) is 14.4 Å². The third-order valence-electron chi connectivity index (χ3n) is 4.85. The first-order valence-electron chi connectivity index (χ1n) is 9.66. The molecule has 7 heteroatoms. The van der Waals surface area contributed by atoms with Gasteiger partial charge >= 0.3 is 0 Å². The fourth-order valence-corrected chi connectivity index (χ4v) is 3.25. The van der Waals surface area contributed by atoms with E-state index in [1.54, 1.807) is 35.2 Å². The first-order valence-corrected chi connectivity index (χ1v) is 9.66. The molecule has 1 heterocycles. The largest absolute Gasteiger partial charge is 0.482 e. The maximum atomic E-state index is 12.5. The van der Waals surface area contributed by atoms with Crippen molar-refractivity contribution in [1.29, 1.82) is 0 Å². The Balaban J connectivity index is 1.84. The van der Waals surface area contributed by atoms with Crippen LogP contribution in [-0.4, -0.2) is 48.9 Å². The summed E-state index contributed by atoms with van der Waals surface area (Å²) in [5, 5.41) is 2.84. The third-order valence-corrected chi connectivity index (χ3v) is 4.85. The summed E-state index contributed by atoms with van der Waals surface area (Å²) in [6.45, 7) is 6.69. The van der Waals surface area contributed by atoms with Crippen LogP contribution in [0.25, 0.3) is 0 Å². The van der Waals surface area contributed by atoms with Gasteiger partial charge in [0.05, 0.1) is 5.69 Å². The zero-order valence-corrected chi connectivity index (χ0v) is 16.9. The molecule has 0 fully saturated rings. The lowest BCUT2D eigenvalue weighted by Gasteiger charge is -2.31. The lowest BCUT2D eigenvalue weighted by atomic mass is 10.1. The van der Waals surface area contributed by atoms with Crippen LogP contribution in [0.3, 0.4) is 0 Å². The predicted octanol–water partition coefficient (Wildman–Crippen LogP) is 2.84. The number of amides is 3. The number of aryl methyl sites for hydroxylation is 1. The van der Waals surface area contributed by atoms with Crippen molar-refractivity contribution in [3.8, 4) is 5.75 Å². The number of anilines is 2. The Bertz CT molecular complexity index is 937. The third kappa shape index (κ3) is 4.56. The highest BCUT2D eigenvalue weighted by Gasteiger charge is 2.29. The number of ether oxygens (including phenoxy) is 1. The number of hydrogen-bond acceptors (Lipinski definition) is 4. The molecule has 3 rings (SSSR count). The summed E-state index contributed by atoms with van der Waals surface area (Å²) in [4.78, 5) is 40.6. The highest BCUT2D eigenvalue weighted by atomic mass is 16.5. The number of carbonyl (C=O) groups is 3. The zero-order valence-electron chi connectivity index (χ0n) is 16.9. The second-order valence-electron chi connectivity index (χ2n) is 6.84. The minimum absolute atomic E-state index is 0.0633. The summed E-state index contributed by atoms with van der Waals surface area (Å²) in [5.41, 5.74) is 2.53. The lowest BCUT2D eigenvalue weighted by molar-refractivity contribution is -0.131. The Morgan fingerprint density at radius 1 is 1.14 bits per heavy atom. The van der Waals surface area contributed by atoms with Gasteiger partial charge in [0.15, 0.2) is 6.61 Å². The van der Waals surface area contributed by atoms with Crippen LogP contribution in [0.1, 0.15) is 29.8 Å². The standard InChI is InChI=1S/C22H25N3O4/c1-4-24(5-2)20(26)13-25-18-12-17(9-10-19(18)29-14-21(25)27)23-22(28)16-8-6-7-15(3)11-16/h6-12H,4-5,13-14H2,1-3H3,(H,23,28). The highest BCUT2D eigenvalue weighted by Crippen LogP contribution is 2.34. The van der Waals surface area contributed by atoms with E-state index in [0.717, 1.165) is 5.56 Å². The molecule has 1 aliphatic heterocycles. The summed E-state index contributed by atoms with van der Waals surface area (Å²) in [7, 11) is 0. The summed E-state index contributed by atoms with van der Waals surface area (Å²) in [6.07, 6.45) is 0. The van der Waals surface area contributed by atoms with Crippen molar-refractivity contribution in [1.82, 2.24) is 4.90 Å². The molecular formula is C22H25N3O4. The van der Waals surface area contributed by atoms with E-state index in [1.807, 2.05) is 32.9 Å². The molecule has 29 heavy (non-hydrogen) atoms.